The first-order chi connectivity index (χ1) is 15.3. The molecule has 0 aliphatic heterocycles. The van der Waals surface area contributed by atoms with Crippen LogP contribution in [0.4, 0.5) is 0 Å². The number of carbonyl (C=O) groups is 1. The molecule has 2 aromatic carbocycles. The Morgan fingerprint density at radius 1 is 0.677 bits per heavy atom. The quantitative estimate of drug-likeness (QED) is 0.192. The number of nitrogens with zero attached hydrogens (tertiary/aromatic N) is 1. The van der Waals surface area contributed by atoms with Crippen LogP contribution in [0.5, 0.6) is 0 Å². The van der Waals surface area contributed by atoms with Gasteiger partial charge in [0.2, 0.25) is 0 Å². The molecular formula is C28H37N2O+. The van der Waals surface area contributed by atoms with Crippen molar-refractivity contribution in [3.8, 4) is 0 Å². The van der Waals surface area contributed by atoms with E-state index in [1.54, 1.807) is 0 Å². The van der Waals surface area contributed by atoms with Gasteiger partial charge in [-0.1, -0.05) is 87.4 Å². The highest BCUT2D eigenvalue weighted by atomic mass is 16.1. The van der Waals surface area contributed by atoms with E-state index in [1.165, 1.54) is 64.2 Å². The van der Waals surface area contributed by atoms with E-state index in [4.69, 9.17) is 5.73 Å². The maximum Gasteiger partial charge on any atom is 0.194 e. The average Bonchev–Trinajstić information content (AvgIpc) is 2.82. The molecule has 1 aromatic heterocycles. The third-order valence-electron chi connectivity index (χ3n) is 6.06. The summed E-state index contributed by atoms with van der Waals surface area (Å²) in [5.74, 6) is 0.0898. The molecule has 3 heteroatoms. The topological polar surface area (TPSA) is 47.0 Å². The van der Waals surface area contributed by atoms with E-state index in [1.807, 2.05) is 54.9 Å². The number of hydrogen-bond donors (Lipinski definition) is 1. The second kappa shape index (κ2) is 13.0. The van der Waals surface area contributed by atoms with Gasteiger partial charge in [0.1, 0.15) is 6.54 Å². The van der Waals surface area contributed by atoms with Crippen LogP contribution < -0.4 is 10.3 Å². The molecule has 3 rings (SSSR count). The van der Waals surface area contributed by atoms with Crippen LogP contribution in [0.25, 0.3) is 10.8 Å². The first-order valence-corrected chi connectivity index (χ1v) is 12.0. The number of aryl methyl sites for hydroxylation is 1. The van der Waals surface area contributed by atoms with E-state index in [0.717, 1.165) is 35.0 Å². The van der Waals surface area contributed by atoms with Crippen molar-refractivity contribution in [2.45, 2.75) is 70.8 Å². The Morgan fingerprint density at radius 2 is 1.26 bits per heavy atom. The van der Waals surface area contributed by atoms with Crippen molar-refractivity contribution in [2.24, 2.45) is 5.73 Å². The van der Waals surface area contributed by atoms with Crippen molar-refractivity contribution in [2.75, 3.05) is 6.54 Å². The molecule has 2 N–H and O–H groups in total. The molecule has 0 saturated carbocycles. The van der Waals surface area contributed by atoms with Crippen LogP contribution in [0.3, 0.4) is 0 Å². The van der Waals surface area contributed by atoms with E-state index >= 15 is 0 Å². The highest BCUT2D eigenvalue weighted by molar-refractivity contribution is 6.16. The fourth-order valence-corrected chi connectivity index (χ4v) is 4.19. The molecule has 0 aliphatic rings. The number of benzene rings is 2. The minimum atomic E-state index is 0.0898. The van der Waals surface area contributed by atoms with Gasteiger partial charge in [0.15, 0.2) is 18.2 Å². The first-order valence-electron chi connectivity index (χ1n) is 12.0. The Labute approximate surface area is 187 Å². The van der Waals surface area contributed by atoms with Crippen LogP contribution in [0.2, 0.25) is 0 Å². The lowest BCUT2D eigenvalue weighted by Crippen LogP contribution is -2.32. The molecule has 0 aliphatic carbocycles. The van der Waals surface area contributed by atoms with Gasteiger partial charge in [-0.15, -0.1) is 0 Å². The monoisotopic (exact) mass is 417 g/mol. The lowest BCUT2D eigenvalue weighted by atomic mass is 9.98. The van der Waals surface area contributed by atoms with Crippen LogP contribution >= 0.6 is 0 Å². The minimum absolute atomic E-state index is 0.0898. The van der Waals surface area contributed by atoms with Crippen molar-refractivity contribution in [1.82, 2.24) is 0 Å². The summed E-state index contributed by atoms with van der Waals surface area (Å²) < 4.78 is 2.19. The molecule has 0 unspecified atom stereocenters. The molecular weight excluding hydrogens is 380 g/mol. The van der Waals surface area contributed by atoms with E-state index in [0.29, 0.717) is 0 Å². The van der Waals surface area contributed by atoms with Gasteiger partial charge in [0.25, 0.3) is 0 Å². The highest BCUT2D eigenvalue weighted by Gasteiger charge is 2.13. The Bertz CT molecular complexity index is 928. The Morgan fingerprint density at radius 3 is 1.94 bits per heavy atom. The second-order valence-corrected chi connectivity index (χ2v) is 8.50. The number of carbonyl (C=O) groups excluding carboxylic acids is 1. The molecule has 0 bridgehead atoms. The molecule has 3 aromatic rings. The van der Waals surface area contributed by atoms with E-state index in [2.05, 4.69) is 16.7 Å². The van der Waals surface area contributed by atoms with Crippen molar-refractivity contribution in [1.29, 1.82) is 0 Å². The first kappa shape index (κ1) is 23.1. The molecule has 0 saturated heterocycles. The van der Waals surface area contributed by atoms with Gasteiger partial charge >= 0.3 is 0 Å². The van der Waals surface area contributed by atoms with Gasteiger partial charge in [0, 0.05) is 29.7 Å². The molecule has 164 valence electrons. The number of nitrogens with two attached hydrogens (primary N) is 1. The summed E-state index contributed by atoms with van der Waals surface area (Å²) in [6.45, 7) is 1.85. The third kappa shape index (κ3) is 7.29. The Kier molecular flexibility index (Phi) is 9.72. The maximum absolute atomic E-state index is 13.0. The predicted octanol–water partition coefficient (Wildman–Crippen LogP) is 6.22. The standard InChI is InChI=1S/C28H37N2O/c29-20-11-7-5-3-1-2-4-6-8-12-21-30-22-18-25(19-23-30)28(31)27-17-13-15-24-14-9-10-16-26(24)27/h9-10,13-19,22-23H,1-8,11-12,20-21,29H2/q+1. The van der Waals surface area contributed by atoms with Gasteiger partial charge in [0.05, 0.1) is 0 Å². The number of rotatable bonds is 14. The second-order valence-electron chi connectivity index (χ2n) is 8.50. The van der Waals surface area contributed by atoms with Gasteiger partial charge in [-0.25, -0.2) is 4.57 Å². The average molecular weight is 418 g/mol. The third-order valence-corrected chi connectivity index (χ3v) is 6.06. The Hall–Kier alpha value is -2.52. The van der Waals surface area contributed by atoms with Crippen molar-refractivity contribution in [3.63, 3.8) is 0 Å². The molecule has 0 amide bonds. The normalized spacial score (nSPS) is 11.1. The summed E-state index contributed by atoms with van der Waals surface area (Å²) in [5, 5.41) is 2.12. The van der Waals surface area contributed by atoms with Crippen molar-refractivity contribution in [3.05, 3.63) is 78.1 Å². The number of aromatic nitrogens is 1. The summed E-state index contributed by atoms with van der Waals surface area (Å²) in [6.07, 6.45) is 17.1. The van der Waals surface area contributed by atoms with Crippen LogP contribution in [0.1, 0.15) is 80.1 Å². The fourth-order valence-electron chi connectivity index (χ4n) is 4.19. The van der Waals surface area contributed by atoms with Crippen LogP contribution in [0, 0.1) is 0 Å². The van der Waals surface area contributed by atoms with Gasteiger partial charge in [-0.2, -0.15) is 0 Å². The van der Waals surface area contributed by atoms with Gasteiger partial charge < -0.3 is 5.73 Å². The van der Waals surface area contributed by atoms with Crippen LogP contribution in [-0.2, 0) is 6.54 Å². The SMILES string of the molecule is NCCCCCCCCCCCC[n+]1ccc(C(=O)c2cccc3ccccc23)cc1. The zero-order valence-corrected chi connectivity index (χ0v) is 18.8. The fraction of sp³-hybridized carbons (Fsp3) is 0.429. The number of unbranched alkanes of at least 4 members (excludes halogenated alkanes) is 9. The molecule has 0 radical (unpaired) electrons. The molecule has 0 fully saturated rings. The van der Waals surface area contributed by atoms with Crippen LogP contribution in [-0.4, -0.2) is 12.3 Å². The number of ketones is 1. The summed E-state index contributed by atoms with van der Waals surface area (Å²) in [5.41, 5.74) is 7.05. The molecule has 31 heavy (non-hydrogen) atoms. The summed E-state index contributed by atoms with van der Waals surface area (Å²) >= 11 is 0. The molecule has 1 heterocycles. The lowest BCUT2D eigenvalue weighted by molar-refractivity contribution is -0.697. The lowest BCUT2D eigenvalue weighted by Gasteiger charge is -2.06. The number of fused-ring (bicyclic) bond motifs is 1. The van der Waals surface area contributed by atoms with E-state index in [-0.39, 0.29) is 5.78 Å². The van der Waals surface area contributed by atoms with Crippen LogP contribution in [0.15, 0.2) is 67.0 Å². The van der Waals surface area contributed by atoms with Crippen molar-refractivity contribution < 1.29 is 9.36 Å². The minimum Gasteiger partial charge on any atom is -0.330 e. The smallest absolute Gasteiger partial charge is 0.194 e. The number of pyridine rings is 1. The zero-order valence-electron chi connectivity index (χ0n) is 18.8. The number of hydrogen-bond acceptors (Lipinski definition) is 2. The van der Waals surface area contributed by atoms with Crippen molar-refractivity contribution >= 4 is 16.6 Å². The maximum atomic E-state index is 13.0. The summed E-state index contributed by atoms with van der Waals surface area (Å²) in [6, 6.07) is 17.9. The van der Waals surface area contributed by atoms with E-state index in [9.17, 15) is 4.79 Å². The van der Waals surface area contributed by atoms with E-state index < -0.39 is 0 Å². The largest absolute Gasteiger partial charge is 0.330 e. The Balaban J connectivity index is 1.38. The van der Waals surface area contributed by atoms with Gasteiger partial charge in [-0.05, 0) is 30.2 Å². The molecule has 0 atom stereocenters. The molecule has 3 nitrogen and oxygen atoms in total. The summed E-state index contributed by atoms with van der Waals surface area (Å²) in [4.78, 5) is 13.0. The highest BCUT2D eigenvalue weighted by Crippen LogP contribution is 2.21. The van der Waals surface area contributed by atoms with Gasteiger partial charge in [-0.3, -0.25) is 4.79 Å². The predicted molar refractivity (Wildman–Crippen MR) is 129 cm³/mol. The molecule has 0 spiro atoms. The summed E-state index contributed by atoms with van der Waals surface area (Å²) in [7, 11) is 0. The zero-order chi connectivity index (χ0) is 21.7.